The first-order valence-electron chi connectivity index (χ1n) is 11.1. The van der Waals surface area contributed by atoms with Crippen LogP contribution in [-0.4, -0.2) is 0 Å². The van der Waals surface area contributed by atoms with Crippen LogP contribution in [-0.2, 0) is 6.42 Å². The largest absolute Gasteiger partial charge is 0.457 e. The van der Waals surface area contributed by atoms with Crippen LogP contribution in [0.15, 0.2) is 134 Å². The highest BCUT2D eigenvalue weighted by atomic mass is 16.5. The van der Waals surface area contributed by atoms with Crippen LogP contribution in [0, 0.1) is 0 Å². The fraction of sp³-hybridized carbons (Fsp3) is 0.0323. The molecule has 1 aliphatic heterocycles. The van der Waals surface area contributed by atoms with Crippen LogP contribution in [0.4, 0.5) is 11.4 Å². The molecule has 1 heterocycles. The Labute approximate surface area is 195 Å². The maximum absolute atomic E-state index is 6.16. The van der Waals surface area contributed by atoms with Gasteiger partial charge in [0.1, 0.15) is 11.5 Å². The summed E-state index contributed by atoms with van der Waals surface area (Å²) >= 11 is 0. The number of para-hydroxylation sites is 2. The monoisotopic (exact) mass is 427 g/mol. The molecule has 0 spiro atoms. The van der Waals surface area contributed by atoms with Gasteiger partial charge in [-0.1, -0.05) is 104 Å². The number of hydrogen-bond acceptors (Lipinski definition) is 2. The Hall–Kier alpha value is -4.30. The van der Waals surface area contributed by atoms with Gasteiger partial charge in [-0.15, -0.1) is 0 Å². The molecule has 33 heavy (non-hydrogen) atoms. The summed E-state index contributed by atoms with van der Waals surface area (Å²) in [7, 11) is 0. The van der Waals surface area contributed by atoms with Gasteiger partial charge in [-0.3, -0.25) is 0 Å². The minimum absolute atomic E-state index is 0.643. The van der Waals surface area contributed by atoms with E-state index in [9.17, 15) is 0 Å². The number of fused-ring (bicyclic) bond motifs is 1. The first kappa shape index (κ1) is 20.6. The van der Waals surface area contributed by atoms with Crippen molar-refractivity contribution in [1.29, 1.82) is 0 Å². The predicted octanol–water partition coefficient (Wildman–Crippen LogP) is 8.19. The molecule has 160 valence electrons. The summed E-state index contributed by atoms with van der Waals surface area (Å²) in [5.41, 5.74) is 7.65. The van der Waals surface area contributed by atoms with Gasteiger partial charge in [-0.25, -0.2) is 0 Å². The third-order valence-electron chi connectivity index (χ3n) is 5.73. The number of hydrogen-bond donors (Lipinski definition) is 1. The summed E-state index contributed by atoms with van der Waals surface area (Å²) in [6.45, 7) is 4.21. The molecule has 0 aliphatic carbocycles. The number of nitrogens with one attached hydrogen (secondary N) is 1. The summed E-state index contributed by atoms with van der Waals surface area (Å²) < 4.78 is 6.16. The predicted molar refractivity (Wildman–Crippen MR) is 139 cm³/mol. The van der Waals surface area contributed by atoms with E-state index in [1.807, 2.05) is 24.3 Å². The van der Waals surface area contributed by atoms with Crippen LogP contribution in [0.1, 0.15) is 11.1 Å². The summed E-state index contributed by atoms with van der Waals surface area (Å²) in [5.74, 6) is 1.50. The molecule has 4 aromatic rings. The van der Waals surface area contributed by atoms with E-state index in [0.717, 1.165) is 40.2 Å². The Morgan fingerprint density at radius 2 is 1.42 bits per heavy atom. The van der Waals surface area contributed by atoms with Crippen molar-refractivity contribution in [3.8, 4) is 16.9 Å². The third kappa shape index (κ3) is 4.65. The first-order valence-corrected chi connectivity index (χ1v) is 11.1. The van der Waals surface area contributed by atoms with Gasteiger partial charge in [0.25, 0.3) is 0 Å². The molecule has 0 saturated carbocycles. The third-order valence-corrected chi connectivity index (χ3v) is 5.73. The van der Waals surface area contributed by atoms with Crippen molar-refractivity contribution in [2.24, 2.45) is 0 Å². The molecule has 0 atom stereocenters. The van der Waals surface area contributed by atoms with Crippen molar-refractivity contribution >= 4 is 16.9 Å². The average Bonchev–Trinajstić information content (AvgIpc) is 2.94. The van der Waals surface area contributed by atoms with E-state index in [2.05, 4.69) is 109 Å². The maximum Gasteiger partial charge on any atom is 0.130 e. The normalized spacial score (nSPS) is 15.6. The van der Waals surface area contributed by atoms with Gasteiger partial charge in [0.15, 0.2) is 0 Å². The SMILES string of the molecule is C=C1Oc2ccccc2C/C=C\C=C/1c1ccc(Nc2ccccc2-c2ccccc2)cc1. The second-order valence-corrected chi connectivity index (χ2v) is 7.96. The van der Waals surface area contributed by atoms with Crippen molar-refractivity contribution < 1.29 is 4.74 Å². The van der Waals surface area contributed by atoms with Crippen molar-refractivity contribution in [2.45, 2.75) is 6.42 Å². The van der Waals surface area contributed by atoms with Crippen LogP contribution in [0.25, 0.3) is 16.7 Å². The lowest BCUT2D eigenvalue weighted by atomic mass is 10.0. The number of anilines is 2. The number of rotatable bonds is 4. The Bertz CT molecular complexity index is 1330. The van der Waals surface area contributed by atoms with E-state index in [0.29, 0.717) is 5.76 Å². The number of benzene rings is 4. The van der Waals surface area contributed by atoms with Crippen LogP contribution in [0.5, 0.6) is 5.75 Å². The van der Waals surface area contributed by atoms with Gasteiger partial charge >= 0.3 is 0 Å². The van der Waals surface area contributed by atoms with Crippen molar-refractivity contribution in [2.75, 3.05) is 5.32 Å². The Balaban J connectivity index is 1.39. The number of allylic oxidation sites excluding steroid dienone is 4. The molecule has 4 aromatic carbocycles. The molecule has 2 nitrogen and oxygen atoms in total. The topological polar surface area (TPSA) is 21.3 Å². The Kier molecular flexibility index (Phi) is 5.90. The van der Waals surface area contributed by atoms with Gasteiger partial charge in [0, 0.05) is 22.5 Å². The summed E-state index contributed by atoms with van der Waals surface area (Å²) in [4.78, 5) is 0. The first-order chi connectivity index (χ1) is 16.3. The molecule has 2 heteroatoms. The lowest BCUT2D eigenvalue weighted by Crippen LogP contribution is -2.00. The molecule has 1 aliphatic rings. The van der Waals surface area contributed by atoms with Crippen molar-refractivity contribution in [3.05, 3.63) is 145 Å². The van der Waals surface area contributed by atoms with Gasteiger partial charge in [-0.05, 0) is 47.4 Å². The molecule has 0 radical (unpaired) electrons. The second kappa shape index (κ2) is 9.46. The van der Waals surface area contributed by atoms with Crippen LogP contribution >= 0.6 is 0 Å². The molecule has 0 bridgehead atoms. The van der Waals surface area contributed by atoms with E-state index < -0.39 is 0 Å². The highest BCUT2D eigenvalue weighted by molar-refractivity contribution is 5.82. The quantitative estimate of drug-likeness (QED) is 0.354. The van der Waals surface area contributed by atoms with Crippen molar-refractivity contribution in [3.63, 3.8) is 0 Å². The summed E-state index contributed by atoms with van der Waals surface area (Å²) in [6, 6.07) is 35.3. The average molecular weight is 428 g/mol. The molecule has 5 rings (SSSR count). The molecule has 0 saturated heterocycles. The summed E-state index contributed by atoms with van der Waals surface area (Å²) in [5, 5.41) is 3.57. The fourth-order valence-corrected chi connectivity index (χ4v) is 4.02. The van der Waals surface area contributed by atoms with Crippen LogP contribution < -0.4 is 10.1 Å². The lowest BCUT2D eigenvalue weighted by Gasteiger charge is -2.15. The molecule has 0 amide bonds. The standard InChI is InChI=1S/C31H25NO/c1-23-28(15-7-5-13-26-14-6-10-18-31(26)33-23)25-19-21-27(22-20-25)32-30-17-9-8-16-29(30)24-11-3-2-4-12-24/h2-12,14-22,32H,1,13H2/b7-5-,28-15+. The van der Waals surface area contributed by atoms with Gasteiger partial charge in [-0.2, -0.15) is 0 Å². The highest BCUT2D eigenvalue weighted by Gasteiger charge is 2.12. The van der Waals surface area contributed by atoms with E-state index in [1.54, 1.807) is 0 Å². The van der Waals surface area contributed by atoms with Gasteiger partial charge in [0.2, 0.25) is 0 Å². The minimum atomic E-state index is 0.643. The fourth-order valence-electron chi connectivity index (χ4n) is 4.02. The number of ether oxygens (including phenoxy) is 1. The molecule has 1 N–H and O–H groups in total. The zero-order valence-corrected chi connectivity index (χ0v) is 18.4. The molecule has 0 aromatic heterocycles. The zero-order chi connectivity index (χ0) is 22.5. The van der Waals surface area contributed by atoms with Crippen LogP contribution in [0.2, 0.25) is 0 Å². The van der Waals surface area contributed by atoms with Crippen LogP contribution in [0.3, 0.4) is 0 Å². The zero-order valence-electron chi connectivity index (χ0n) is 18.4. The van der Waals surface area contributed by atoms with E-state index >= 15 is 0 Å². The molecule has 0 unspecified atom stereocenters. The second-order valence-electron chi connectivity index (χ2n) is 7.96. The Morgan fingerprint density at radius 1 is 0.697 bits per heavy atom. The molecule has 0 fully saturated rings. The van der Waals surface area contributed by atoms with Gasteiger partial charge in [0.05, 0.1) is 0 Å². The molecular weight excluding hydrogens is 402 g/mol. The lowest BCUT2D eigenvalue weighted by molar-refractivity contribution is 0.447. The maximum atomic E-state index is 6.16. The minimum Gasteiger partial charge on any atom is -0.457 e. The smallest absolute Gasteiger partial charge is 0.130 e. The highest BCUT2D eigenvalue weighted by Crippen LogP contribution is 2.32. The van der Waals surface area contributed by atoms with Gasteiger partial charge < -0.3 is 10.1 Å². The van der Waals surface area contributed by atoms with E-state index in [4.69, 9.17) is 4.74 Å². The Morgan fingerprint density at radius 3 is 2.27 bits per heavy atom. The molecular formula is C31H25NO. The summed E-state index contributed by atoms with van der Waals surface area (Å²) in [6.07, 6.45) is 7.13. The van der Waals surface area contributed by atoms with Crippen molar-refractivity contribution in [1.82, 2.24) is 0 Å². The van der Waals surface area contributed by atoms with E-state index in [-0.39, 0.29) is 0 Å². The van der Waals surface area contributed by atoms with E-state index in [1.165, 1.54) is 11.1 Å².